The third-order valence-corrected chi connectivity index (χ3v) is 3.88. The highest BCUT2D eigenvalue weighted by molar-refractivity contribution is 7.92. The summed E-state index contributed by atoms with van der Waals surface area (Å²) in [6.07, 6.45) is 1.43. The summed E-state index contributed by atoms with van der Waals surface area (Å²) in [7, 11) is -3.85. The summed E-state index contributed by atoms with van der Waals surface area (Å²) in [6, 6.07) is 6.95. The number of nitrogens with two attached hydrogens (primary N) is 1. The van der Waals surface area contributed by atoms with Crippen LogP contribution in [0.2, 0.25) is 0 Å². The number of aromatic nitrogens is 2. The van der Waals surface area contributed by atoms with Crippen LogP contribution in [0.3, 0.4) is 0 Å². The predicted octanol–water partition coefficient (Wildman–Crippen LogP) is 1.06. The Hall–Kier alpha value is -2.48. The molecule has 0 aliphatic heterocycles. The lowest BCUT2D eigenvalue weighted by atomic mass is 10.1. The van der Waals surface area contributed by atoms with E-state index in [4.69, 9.17) is 5.73 Å². The van der Waals surface area contributed by atoms with Crippen LogP contribution in [-0.4, -0.2) is 24.4 Å². The van der Waals surface area contributed by atoms with E-state index in [1.807, 2.05) is 0 Å². The van der Waals surface area contributed by atoms with Crippen LogP contribution >= 0.6 is 0 Å². The van der Waals surface area contributed by atoms with Gasteiger partial charge in [0.05, 0.1) is 4.90 Å². The summed E-state index contributed by atoms with van der Waals surface area (Å²) < 4.78 is 26.6. The zero-order valence-corrected chi connectivity index (χ0v) is 11.4. The van der Waals surface area contributed by atoms with Gasteiger partial charge in [-0.3, -0.25) is 9.52 Å². The first-order valence-corrected chi connectivity index (χ1v) is 7.09. The molecule has 1 heterocycles. The molecule has 0 unspecified atom stereocenters. The lowest BCUT2D eigenvalue weighted by molar-refractivity contribution is 0.101. The second-order valence-corrected chi connectivity index (χ2v) is 5.70. The third kappa shape index (κ3) is 2.91. The number of nitrogens with one attached hydrogen (secondary N) is 1. The maximum absolute atomic E-state index is 12.2. The first-order chi connectivity index (χ1) is 9.40. The van der Waals surface area contributed by atoms with Gasteiger partial charge in [-0.2, -0.15) is 5.10 Å². The average Bonchev–Trinajstić information content (AvgIpc) is 2.39. The summed E-state index contributed by atoms with van der Waals surface area (Å²) >= 11 is 0. The van der Waals surface area contributed by atoms with Crippen LogP contribution in [-0.2, 0) is 10.0 Å². The first kappa shape index (κ1) is 13.9. The Balaban J connectivity index is 2.40. The minimum Gasteiger partial charge on any atom is -0.398 e. The molecule has 0 spiro atoms. The van der Waals surface area contributed by atoms with Crippen molar-refractivity contribution in [1.29, 1.82) is 0 Å². The SMILES string of the molecule is CC(=O)c1cc(S(=O)(=O)Nc2cccnn2)ccc1N. The summed E-state index contributed by atoms with van der Waals surface area (Å²) in [5, 5.41) is 7.20. The second kappa shape index (κ2) is 5.25. The Morgan fingerprint density at radius 3 is 2.65 bits per heavy atom. The number of benzene rings is 1. The van der Waals surface area contributed by atoms with E-state index in [9.17, 15) is 13.2 Å². The Kier molecular flexibility index (Phi) is 3.66. The van der Waals surface area contributed by atoms with Gasteiger partial charge >= 0.3 is 0 Å². The van der Waals surface area contributed by atoms with E-state index in [1.54, 1.807) is 6.07 Å². The molecule has 3 N–H and O–H groups in total. The van der Waals surface area contributed by atoms with Crippen LogP contribution in [0.25, 0.3) is 0 Å². The zero-order chi connectivity index (χ0) is 14.8. The van der Waals surface area contributed by atoms with E-state index in [1.165, 1.54) is 37.4 Å². The maximum Gasteiger partial charge on any atom is 0.263 e. The number of sulfonamides is 1. The van der Waals surface area contributed by atoms with Gasteiger partial charge in [0, 0.05) is 17.4 Å². The maximum atomic E-state index is 12.2. The first-order valence-electron chi connectivity index (χ1n) is 5.61. The van der Waals surface area contributed by atoms with Crippen LogP contribution in [0.4, 0.5) is 11.5 Å². The number of hydrogen-bond donors (Lipinski definition) is 2. The molecule has 0 aliphatic carbocycles. The molecule has 1 aromatic heterocycles. The number of anilines is 2. The Labute approximate surface area is 115 Å². The lowest BCUT2D eigenvalue weighted by Crippen LogP contribution is -2.15. The fraction of sp³-hybridized carbons (Fsp3) is 0.0833. The van der Waals surface area contributed by atoms with Gasteiger partial charge in [0.25, 0.3) is 10.0 Å². The highest BCUT2D eigenvalue weighted by Gasteiger charge is 2.17. The van der Waals surface area contributed by atoms with Gasteiger partial charge in [0.1, 0.15) is 0 Å². The Bertz CT molecular complexity index is 745. The van der Waals surface area contributed by atoms with Crippen LogP contribution in [0.15, 0.2) is 41.4 Å². The average molecular weight is 292 g/mol. The highest BCUT2D eigenvalue weighted by atomic mass is 32.2. The molecule has 1 aromatic carbocycles. The molecular formula is C12H12N4O3S. The van der Waals surface area contributed by atoms with Crippen molar-refractivity contribution in [3.8, 4) is 0 Å². The molecule has 2 aromatic rings. The van der Waals surface area contributed by atoms with Gasteiger partial charge < -0.3 is 5.73 Å². The molecule has 0 atom stereocenters. The monoisotopic (exact) mass is 292 g/mol. The number of carbonyl (C=O) groups excluding carboxylic acids is 1. The molecule has 0 saturated carbocycles. The molecular weight excluding hydrogens is 280 g/mol. The molecule has 0 bridgehead atoms. The van der Waals surface area contributed by atoms with Crippen molar-refractivity contribution in [3.63, 3.8) is 0 Å². The zero-order valence-electron chi connectivity index (χ0n) is 10.6. The molecule has 8 heteroatoms. The van der Waals surface area contributed by atoms with E-state index in [2.05, 4.69) is 14.9 Å². The topological polar surface area (TPSA) is 115 Å². The number of nitrogen functional groups attached to an aromatic ring is 1. The number of ketones is 1. The summed E-state index contributed by atoms with van der Waals surface area (Å²) in [4.78, 5) is 11.3. The van der Waals surface area contributed by atoms with Crippen molar-refractivity contribution in [3.05, 3.63) is 42.1 Å². The third-order valence-electron chi connectivity index (χ3n) is 2.53. The van der Waals surface area contributed by atoms with Crippen molar-refractivity contribution in [2.75, 3.05) is 10.5 Å². The molecule has 104 valence electrons. The van der Waals surface area contributed by atoms with E-state index < -0.39 is 10.0 Å². The van der Waals surface area contributed by atoms with Crippen molar-refractivity contribution in [1.82, 2.24) is 10.2 Å². The number of carbonyl (C=O) groups is 1. The van der Waals surface area contributed by atoms with E-state index in [-0.39, 0.29) is 27.7 Å². The predicted molar refractivity (Wildman–Crippen MR) is 73.7 cm³/mol. The van der Waals surface area contributed by atoms with Gasteiger partial charge in [0.15, 0.2) is 11.6 Å². The largest absolute Gasteiger partial charge is 0.398 e. The van der Waals surface area contributed by atoms with Gasteiger partial charge in [-0.25, -0.2) is 8.42 Å². The van der Waals surface area contributed by atoms with Crippen LogP contribution in [0, 0.1) is 0 Å². The van der Waals surface area contributed by atoms with Crippen LogP contribution in [0.5, 0.6) is 0 Å². The van der Waals surface area contributed by atoms with Crippen LogP contribution in [0.1, 0.15) is 17.3 Å². The lowest BCUT2D eigenvalue weighted by Gasteiger charge is -2.09. The standard InChI is InChI=1S/C12H12N4O3S/c1-8(17)10-7-9(4-5-11(10)13)20(18,19)16-12-3-2-6-14-15-12/h2-7H,13H2,1H3,(H,15,16). The van der Waals surface area contributed by atoms with Crippen LogP contribution < -0.4 is 10.5 Å². The van der Waals surface area contributed by atoms with E-state index in [0.29, 0.717) is 0 Å². The Morgan fingerprint density at radius 2 is 2.05 bits per heavy atom. The second-order valence-electron chi connectivity index (χ2n) is 4.02. The Morgan fingerprint density at radius 1 is 1.30 bits per heavy atom. The van der Waals surface area contributed by atoms with Gasteiger partial charge in [-0.15, -0.1) is 5.10 Å². The quantitative estimate of drug-likeness (QED) is 0.643. The molecule has 2 rings (SSSR count). The van der Waals surface area contributed by atoms with E-state index in [0.717, 1.165) is 0 Å². The number of nitrogens with zero attached hydrogens (tertiary/aromatic N) is 2. The highest BCUT2D eigenvalue weighted by Crippen LogP contribution is 2.20. The molecule has 20 heavy (non-hydrogen) atoms. The van der Waals surface area contributed by atoms with E-state index >= 15 is 0 Å². The van der Waals surface area contributed by atoms with Crippen molar-refractivity contribution < 1.29 is 13.2 Å². The minimum absolute atomic E-state index is 0.0671. The molecule has 7 nitrogen and oxygen atoms in total. The smallest absolute Gasteiger partial charge is 0.263 e. The number of Topliss-reactive ketones (excluding diaryl/α,β-unsaturated/α-hetero) is 1. The normalized spacial score (nSPS) is 11.1. The van der Waals surface area contributed by atoms with Crippen molar-refractivity contribution in [2.45, 2.75) is 11.8 Å². The van der Waals surface area contributed by atoms with Crippen molar-refractivity contribution >= 4 is 27.3 Å². The fourth-order valence-electron chi connectivity index (χ4n) is 1.56. The number of rotatable bonds is 4. The van der Waals surface area contributed by atoms with Gasteiger partial charge in [-0.1, -0.05) is 0 Å². The fourth-order valence-corrected chi connectivity index (χ4v) is 2.58. The summed E-state index contributed by atoms with van der Waals surface area (Å²) in [5.41, 5.74) is 6.02. The minimum atomic E-state index is -3.85. The van der Waals surface area contributed by atoms with Gasteiger partial charge in [-0.05, 0) is 37.3 Å². The summed E-state index contributed by atoms with van der Waals surface area (Å²) in [5.74, 6) is -0.215. The molecule has 0 amide bonds. The molecule has 0 saturated heterocycles. The molecule has 0 radical (unpaired) electrons. The molecule has 0 fully saturated rings. The number of hydrogen-bond acceptors (Lipinski definition) is 6. The summed E-state index contributed by atoms with van der Waals surface area (Å²) in [6.45, 7) is 1.32. The molecule has 0 aliphatic rings. The van der Waals surface area contributed by atoms with Gasteiger partial charge in [0.2, 0.25) is 0 Å². The van der Waals surface area contributed by atoms with Crippen molar-refractivity contribution in [2.24, 2.45) is 0 Å².